The second-order valence-electron chi connectivity index (χ2n) is 7.57. The minimum absolute atomic E-state index is 0.231. The zero-order chi connectivity index (χ0) is 22.9. The second-order valence-corrected chi connectivity index (χ2v) is 9.41. The van der Waals surface area contributed by atoms with Gasteiger partial charge in [0.1, 0.15) is 5.01 Å². The molecule has 0 atom stereocenters. The molecule has 33 heavy (non-hydrogen) atoms. The lowest BCUT2D eigenvalue weighted by atomic mass is 10.0. The van der Waals surface area contributed by atoms with Crippen molar-refractivity contribution in [1.82, 2.24) is 10.3 Å². The van der Waals surface area contributed by atoms with Crippen molar-refractivity contribution in [1.29, 1.82) is 0 Å². The van der Waals surface area contributed by atoms with Crippen molar-refractivity contribution in [2.24, 2.45) is 0 Å². The van der Waals surface area contributed by atoms with E-state index in [0.717, 1.165) is 42.8 Å². The number of fused-ring (bicyclic) bond motifs is 2. The summed E-state index contributed by atoms with van der Waals surface area (Å²) in [6, 6.07) is 25.1. The largest absolute Gasteiger partial charge is 0.332 e. The molecule has 162 valence electrons. The summed E-state index contributed by atoms with van der Waals surface area (Å²) in [5.74, 6) is -0.288. The minimum atomic E-state index is -0.288. The average Bonchev–Trinajstić information content (AvgIpc) is 3.24. The summed E-state index contributed by atoms with van der Waals surface area (Å²) < 4.78 is 1.16. The van der Waals surface area contributed by atoms with Crippen molar-refractivity contribution >= 4 is 72.9 Å². The van der Waals surface area contributed by atoms with Crippen LogP contribution >= 0.6 is 35.2 Å². The van der Waals surface area contributed by atoms with Crippen LogP contribution in [0, 0.1) is 6.92 Å². The van der Waals surface area contributed by atoms with Gasteiger partial charge >= 0.3 is 0 Å². The molecule has 0 unspecified atom stereocenters. The van der Waals surface area contributed by atoms with Crippen LogP contribution < -0.4 is 10.6 Å². The maximum Gasteiger partial charge on any atom is 0.258 e. The topological polar surface area (TPSA) is 54.0 Å². The number of carbonyl (C=O) groups is 1. The van der Waals surface area contributed by atoms with E-state index < -0.39 is 0 Å². The van der Waals surface area contributed by atoms with Gasteiger partial charge in [-0.25, -0.2) is 4.98 Å². The Morgan fingerprint density at radius 2 is 1.76 bits per heavy atom. The van der Waals surface area contributed by atoms with E-state index in [9.17, 15) is 4.79 Å². The average molecular weight is 488 g/mol. The molecule has 0 aliphatic heterocycles. The first-order valence-electron chi connectivity index (χ1n) is 10.3. The highest BCUT2D eigenvalue weighted by molar-refractivity contribution is 7.80. The number of benzene rings is 4. The summed E-state index contributed by atoms with van der Waals surface area (Å²) in [4.78, 5) is 17.6. The molecular formula is C26H18ClN3OS2. The lowest BCUT2D eigenvalue weighted by Gasteiger charge is -2.13. The number of para-hydroxylation sites is 1. The number of anilines is 1. The molecule has 5 rings (SSSR count). The first kappa shape index (κ1) is 21.5. The standard InChI is InChI=1S/C26H18ClN3OS2/c1-15-14-16(25-28-22-10-2-3-11-23(22)33-25)12-13-21(15)29-26(32)30-24(31)19-8-4-7-18-17(19)6-5-9-20(18)27/h2-14H,1H3,(H2,29,30,31,32). The number of nitrogens with one attached hydrogen (secondary N) is 2. The Hall–Kier alpha value is -3.32. The Kier molecular flexibility index (Phi) is 5.81. The van der Waals surface area contributed by atoms with Gasteiger partial charge in [0.25, 0.3) is 5.91 Å². The van der Waals surface area contributed by atoms with Gasteiger partial charge in [-0.1, -0.05) is 48.0 Å². The predicted molar refractivity (Wildman–Crippen MR) is 142 cm³/mol. The zero-order valence-corrected chi connectivity index (χ0v) is 19.9. The van der Waals surface area contributed by atoms with Crippen LogP contribution in [0.3, 0.4) is 0 Å². The van der Waals surface area contributed by atoms with Gasteiger partial charge < -0.3 is 5.32 Å². The predicted octanol–water partition coefficient (Wildman–Crippen LogP) is 7.21. The molecular weight excluding hydrogens is 470 g/mol. The fourth-order valence-electron chi connectivity index (χ4n) is 3.73. The lowest BCUT2D eigenvalue weighted by molar-refractivity contribution is 0.0979. The van der Waals surface area contributed by atoms with E-state index in [-0.39, 0.29) is 11.0 Å². The van der Waals surface area contributed by atoms with Crippen LogP contribution in [0.5, 0.6) is 0 Å². The normalized spacial score (nSPS) is 11.0. The summed E-state index contributed by atoms with van der Waals surface area (Å²) in [5.41, 5.74) is 4.38. The van der Waals surface area contributed by atoms with E-state index in [0.29, 0.717) is 10.6 Å². The van der Waals surface area contributed by atoms with Crippen LogP contribution in [-0.4, -0.2) is 16.0 Å². The Labute approximate surface area is 205 Å². The van der Waals surface area contributed by atoms with Crippen LogP contribution in [0.1, 0.15) is 15.9 Å². The van der Waals surface area contributed by atoms with Crippen molar-refractivity contribution in [2.75, 3.05) is 5.32 Å². The van der Waals surface area contributed by atoms with Gasteiger partial charge in [-0.15, -0.1) is 11.3 Å². The number of carbonyl (C=O) groups excluding carboxylic acids is 1. The van der Waals surface area contributed by atoms with Gasteiger partial charge in [0.2, 0.25) is 0 Å². The minimum Gasteiger partial charge on any atom is -0.332 e. The molecule has 0 radical (unpaired) electrons. The molecule has 2 N–H and O–H groups in total. The Bertz CT molecular complexity index is 1510. The van der Waals surface area contributed by atoms with E-state index in [4.69, 9.17) is 28.8 Å². The molecule has 0 aliphatic rings. The molecule has 0 spiro atoms. The summed E-state index contributed by atoms with van der Waals surface area (Å²) in [5, 5.41) is 9.32. The number of hydrogen-bond acceptors (Lipinski definition) is 4. The van der Waals surface area contributed by atoms with Gasteiger partial charge in [-0.3, -0.25) is 10.1 Å². The molecule has 1 amide bonds. The smallest absolute Gasteiger partial charge is 0.258 e. The Balaban J connectivity index is 1.33. The molecule has 1 heterocycles. The third-order valence-corrected chi connectivity index (χ3v) is 6.98. The first-order chi connectivity index (χ1) is 16.0. The number of nitrogens with zero attached hydrogens (tertiary/aromatic N) is 1. The van der Waals surface area contributed by atoms with Crippen molar-refractivity contribution in [2.45, 2.75) is 6.92 Å². The lowest BCUT2D eigenvalue weighted by Crippen LogP contribution is -2.34. The van der Waals surface area contributed by atoms with Gasteiger partial charge in [0.05, 0.1) is 10.2 Å². The van der Waals surface area contributed by atoms with E-state index in [2.05, 4.69) is 22.8 Å². The summed E-state index contributed by atoms with van der Waals surface area (Å²) in [6.45, 7) is 2.00. The maximum absolute atomic E-state index is 12.9. The van der Waals surface area contributed by atoms with Gasteiger partial charge in [-0.2, -0.15) is 0 Å². The summed E-state index contributed by atoms with van der Waals surface area (Å²) in [7, 11) is 0. The third-order valence-electron chi connectivity index (χ3n) is 5.36. The number of amides is 1. The Morgan fingerprint density at radius 3 is 2.58 bits per heavy atom. The van der Waals surface area contributed by atoms with Crippen LogP contribution in [-0.2, 0) is 0 Å². The Morgan fingerprint density at radius 1 is 0.970 bits per heavy atom. The van der Waals surface area contributed by atoms with Crippen LogP contribution in [0.15, 0.2) is 78.9 Å². The van der Waals surface area contributed by atoms with Gasteiger partial charge in [-0.05, 0) is 72.6 Å². The number of halogens is 1. The fraction of sp³-hybridized carbons (Fsp3) is 0.0385. The zero-order valence-electron chi connectivity index (χ0n) is 17.6. The number of thiazole rings is 1. The quantitative estimate of drug-likeness (QED) is 0.264. The summed E-state index contributed by atoms with van der Waals surface area (Å²) >= 11 is 13.3. The molecule has 0 bridgehead atoms. The molecule has 0 aliphatic carbocycles. The van der Waals surface area contributed by atoms with Gasteiger partial charge in [0, 0.05) is 27.2 Å². The van der Waals surface area contributed by atoms with Crippen LogP contribution in [0.4, 0.5) is 5.69 Å². The molecule has 0 fully saturated rings. The molecule has 5 aromatic rings. The number of aryl methyl sites for hydroxylation is 1. The highest BCUT2D eigenvalue weighted by atomic mass is 35.5. The number of thiocarbonyl (C=S) groups is 1. The number of rotatable bonds is 3. The van der Waals surface area contributed by atoms with Crippen molar-refractivity contribution < 1.29 is 4.79 Å². The van der Waals surface area contributed by atoms with Crippen LogP contribution in [0.2, 0.25) is 5.02 Å². The second kappa shape index (κ2) is 8.90. The number of aromatic nitrogens is 1. The SMILES string of the molecule is Cc1cc(-c2nc3ccccc3s2)ccc1NC(=S)NC(=O)c1cccc2c(Cl)cccc12. The molecule has 7 heteroatoms. The molecule has 0 saturated heterocycles. The van der Waals surface area contributed by atoms with E-state index in [1.807, 2.05) is 61.5 Å². The number of hydrogen-bond donors (Lipinski definition) is 2. The molecule has 1 aromatic heterocycles. The van der Waals surface area contributed by atoms with Crippen molar-refractivity contribution in [3.63, 3.8) is 0 Å². The molecule has 4 nitrogen and oxygen atoms in total. The first-order valence-corrected chi connectivity index (χ1v) is 11.9. The monoisotopic (exact) mass is 487 g/mol. The van der Waals surface area contributed by atoms with Crippen LogP contribution in [0.25, 0.3) is 31.6 Å². The van der Waals surface area contributed by atoms with Crippen molar-refractivity contribution in [3.8, 4) is 10.6 Å². The molecule has 4 aromatic carbocycles. The van der Waals surface area contributed by atoms with Crippen molar-refractivity contribution in [3.05, 3.63) is 95.0 Å². The third kappa shape index (κ3) is 4.33. The maximum atomic E-state index is 12.9. The van der Waals surface area contributed by atoms with E-state index in [1.54, 1.807) is 23.5 Å². The molecule has 0 saturated carbocycles. The van der Waals surface area contributed by atoms with E-state index in [1.165, 1.54) is 0 Å². The van der Waals surface area contributed by atoms with Gasteiger partial charge in [0.15, 0.2) is 5.11 Å². The highest BCUT2D eigenvalue weighted by Gasteiger charge is 2.14. The van der Waals surface area contributed by atoms with E-state index >= 15 is 0 Å². The summed E-state index contributed by atoms with van der Waals surface area (Å²) in [6.07, 6.45) is 0. The fourth-order valence-corrected chi connectivity index (χ4v) is 5.13. The highest BCUT2D eigenvalue weighted by Crippen LogP contribution is 2.32.